The topological polar surface area (TPSA) is 26.7 Å². The standard InChI is InChI=1S/C6H16N2.C2H6O/c1-7(2)5-6-8(3)4;1-2-3/h5-6H2,1-4H3;3H,2H2,1H3. The first-order valence-corrected chi connectivity index (χ1v) is 3.94. The lowest BCUT2D eigenvalue weighted by atomic mass is 10.5. The number of hydrogen-bond donors (Lipinski definition) is 1. The van der Waals surface area contributed by atoms with Gasteiger partial charge in [-0.3, -0.25) is 0 Å². The summed E-state index contributed by atoms with van der Waals surface area (Å²) in [6.45, 7) is 4.22. The molecular formula is C8H22N2O. The van der Waals surface area contributed by atoms with Crippen molar-refractivity contribution in [2.75, 3.05) is 47.9 Å². The number of hydrogen-bond acceptors (Lipinski definition) is 3. The lowest BCUT2D eigenvalue weighted by Crippen LogP contribution is -2.25. The summed E-state index contributed by atoms with van der Waals surface area (Å²) >= 11 is 0. The molecule has 0 aromatic rings. The molecule has 0 aromatic heterocycles. The lowest BCUT2D eigenvalue weighted by Gasteiger charge is -2.13. The maximum absolute atomic E-state index is 7.57. The minimum absolute atomic E-state index is 0.250. The van der Waals surface area contributed by atoms with E-state index < -0.39 is 0 Å². The minimum atomic E-state index is 0.250. The van der Waals surface area contributed by atoms with Gasteiger partial charge in [0.05, 0.1) is 0 Å². The highest BCUT2D eigenvalue weighted by Gasteiger charge is 1.89. The third-order valence-electron chi connectivity index (χ3n) is 0.994. The molecule has 0 rings (SSSR count). The van der Waals surface area contributed by atoms with Crippen LogP contribution in [0.4, 0.5) is 0 Å². The largest absolute Gasteiger partial charge is 0.397 e. The zero-order valence-corrected chi connectivity index (χ0v) is 8.46. The number of likely N-dealkylation sites (N-methyl/N-ethyl adjacent to an activating group) is 2. The molecule has 0 unspecified atom stereocenters. The molecule has 70 valence electrons. The zero-order chi connectivity index (χ0) is 9.28. The van der Waals surface area contributed by atoms with Crippen LogP contribution < -0.4 is 0 Å². The molecule has 0 aliphatic carbocycles. The normalized spacial score (nSPS) is 9.82. The van der Waals surface area contributed by atoms with Crippen LogP contribution in [0, 0.1) is 0 Å². The Morgan fingerprint density at radius 3 is 1.18 bits per heavy atom. The summed E-state index contributed by atoms with van der Waals surface area (Å²) < 4.78 is 0. The molecule has 0 atom stereocenters. The molecule has 0 spiro atoms. The van der Waals surface area contributed by atoms with Gasteiger partial charge in [-0.1, -0.05) is 0 Å². The van der Waals surface area contributed by atoms with E-state index in [2.05, 4.69) is 38.0 Å². The van der Waals surface area contributed by atoms with Crippen molar-refractivity contribution in [2.24, 2.45) is 0 Å². The highest BCUT2D eigenvalue weighted by molar-refractivity contribution is 4.45. The van der Waals surface area contributed by atoms with Gasteiger partial charge in [-0.15, -0.1) is 0 Å². The van der Waals surface area contributed by atoms with Gasteiger partial charge in [0.2, 0.25) is 0 Å². The van der Waals surface area contributed by atoms with E-state index in [9.17, 15) is 0 Å². The maximum Gasteiger partial charge on any atom is 0.0402 e. The molecule has 0 aromatic carbocycles. The highest BCUT2D eigenvalue weighted by atomic mass is 16.2. The van der Waals surface area contributed by atoms with Crippen LogP contribution in [-0.2, 0) is 0 Å². The summed E-state index contributed by atoms with van der Waals surface area (Å²) in [5.41, 5.74) is 0. The van der Waals surface area contributed by atoms with Gasteiger partial charge in [0.25, 0.3) is 0 Å². The first kappa shape index (κ1) is 13.5. The second kappa shape index (κ2) is 9.88. The van der Waals surface area contributed by atoms with Crippen LogP contribution >= 0.6 is 0 Å². The molecule has 0 bridgehead atoms. The highest BCUT2D eigenvalue weighted by Crippen LogP contribution is 1.76. The lowest BCUT2D eigenvalue weighted by molar-refractivity contribution is 0.318. The number of aliphatic hydroxyl groups excluding tert-OH is 1. The zero-order valence-electron chi connectivity index (χ0n) is 8.46. The quantitative estimate of drug-likeness (QED) is 0.638. The van der Waals surface area contributed by atoms with Crippen LogP contribution in [0.1, 0.15) is 6.92 Å². The Labute approximate surface area is 70.6 Å². The molecule has 3 heteroatoms. The van der Waals surface area contributed by atoms with Gasteiger partial charge in [-0.2, -0.15) is 0 Å². The first-order valence-electron chi connectivity index (χ1n) is 3.94. The Hall–Kier alpha value is -0.120. The molecule has 3 nitrogen and oxygen atoms in total. The van der Waals surface area contributed by atoms with Gasteiger partial charge in [0.1, 0.15) is 0 Å². The maximum atomic E-state index is 7.57. The van der Waals surface area contributed by atoms with E-state index >= 15 is 0 Å². The number of aliphatic hydroxyl groups is 1. The molecule has 11 heavy (non-hydrogen) atoms. The third-order valence-corrected chi connectivity index (χ3v) is 0.994. The van der Waals surface area contributed by atoms with Gasteiger partial charge in [-0.25, -0.2) is 0 Å². The SMILES string of the molecule is CCO.CN(C)CCN(C)C. The second-order valence-corrected chi connectivity index (χ2v) is 2.92. The van der Waals surface area contributed by atoms with Crippen molar-refractivity contribution in [3.05, 3.63) is 0 Å². The third kappa shape index (κ3) is 25.8. The van der Waals surface area contributed by atoms with E-state index in [1.165, 1.54) is 0 Å². The van der Waals surface area contributed by atoms with Crippen molar-refractivity contribution < 1.29 is 5.11 Å². The first-order chi connectivity index (χ1) is 5.04. The average molecular weight is 162 g/mol. The van der Waals surface area contributed by atoms with Gasteiger partial charge in [0, 0.05) is 19.7 Å². The Kier molecular flexibility index (Phi) is 12.1. The molecule has 0 saturated heterocycles. The molecule has 0 aliphatic rings. The smallest absolute Gasteiger partial charge is 0.0402 e. The molecular weight excluding hydrogens is 140 g/mol. The Balaban J connectivity index is 0. The molecule has 0 heterocycles. The molecule has 0 radical (unpaired) electrons. The van der Waals surface area contributed by atoms with Crippen LogP contribution in [0.15, 0.2) is 0 Å². The van der Waals surface area contributed by atoms with E-state index in [0.29, 0.717) is 0 Å². The average Bonchev–Trinajstić information content (AvgIpc) is 1.85. The summed E-state index contributed by atoms with van der Waals surface area (Å²) in [5.74, 6) is 0. The molecule has 0 amide bonds. The number of rotatable bonds is 3. The monoisotopic (exact) mass is 162 g/mol. The van der Waals surface area contributed by atoms with Gasteiger partial charge in [0.15, 0.2) is 0 Å². The van der Waals surface area contributed by atoms with Gasteiger partial charge >= 0.3 is 0 Å². The molecule has 0 fully saturated rings. The van der Waals surface area contributed by atoms with Crippen LogP contribution in [0.2, 0.25) is 0 Å². The predicted molar refractivity (Wildman–Crippen MR) is 49.9 cm³/mol. The molecule has 0 aliphatic heterocycles. The van der Waals surface area contributed by atoms with E-state index in [4.69, 9.17) is 5.11 Å². The van der Waals surface area contributed by atoms with Crippen LogP contribution in [0.25, 0.3) is 0 Å². The summed E-state index contributed by atoms with van der Waals surface area (Å²) in [6, 6.07) is 0. The Morgan fingerprint density at radius 2 is 1.09 bits per heavy atom. The second-order valence-electron chi connectivity index (χ2n) is 2.92. The minimum Gasteiger partial charge on any atom is -0.397 e. The van der Waals surface area contributed by atoms with Crippen molar-refractivity contribution >= 4 is 0 Å². The van der Waals surface area contributed by atoms with Crippen molar-refractivity contribution in [3.8, 4) is 0 Å². The summed E-state index contributed by atoms with van der Waals surface area (Å²) in [7, 11) is 8.35. The van der Waals surface area contributed by atoms with Crippen LogP contribution in [0.5, 0.6) is 0 Å². The Bertz CT molecular complexity index is 57.1. The Morgan fingerprint density at radius 1 is 0.909 bits per heavy atom. The summed E-state index contributed by atoms with van der Waals surface area (Å²) in [6.07, 6.45) is 0. The summed E-state index contributed by atoms with van der Waals surface area (Å²) in [4.78, 5) is 4.36. The van der Waals surface area contributed by atoms with E-state index in [1.54, 1.807) is 6.92 Å². The number of nitrogens with zero attached hydrogens (tertiary/aromatic N) is 2. The van der Waals surface area contributed by atoms with Crippen LogP contribution in [0.3, 0.4) is 0 Å². The van der Waals surface area contributed by atoms with Gasteiger partial charge < -0.3 is 14.9 Å². The van der Waals surface area contributed by atoms with Crippen LogP contribution in [-0.4, -0.2) is 62.8 Å². The fourth-order valence-corrected chi connectivity index (χ4v) is 0.400. The fraction of sp³-hybridized carbons (Fsp3) is 1.00. The van der Waals surface area contributed by atoms with Gasteiger partial charge in [-0.05, 0) is 35.1 Å². The van der Waals surface area contributed by atoms with Crippen molar-refractivity contribution in [3.63, 3.8) is 0 Å². The fourth-order valence-electron chi connectivity index (χ4n) is 0.400. The summed E-state index contributed by atoms with van der Waals surface area (Å²) in [5, 5.41) is 7.57. The van der Waals surface area contributed by atoms with Crippen molar-refractivity contribution in [1.29, 1.82) is 0 Å². The molecule has 0 saturated carbocycles. The van der Waals surface area contributed by atoms with Crippen molar-refractivity contribution in [2.45, 2.75) is 6.92 Å². The van der Waals surface area contributed by atoms with E-state index in [0.717, 1.165) is 13.1 Å². The molecule has 1 N–H and O–H groups in total. The predicted octanol–water partition coefficient (Wildman–Crippen LogP) is 0.108. The van der Waals surface area contributed by atoms with Crippen molar-refractivity contribution in [1.82, 2.24) is 9.80 Å². The van der Waals surface area contributed by atoms with E-state index in [-0.39, 0.29) is 6.61 Å². The van der Waals surface area contributed by atoms with E-state index in [1.807, 2.05) is 0 Å².